The predicted molar refractivity (Wildman–Crippen MR) is 93.1 cm³/mol. The van der Waals surface area contributed by atoms with Crippen LogP contribution in [0.25, 0.3) is 0 Å². The molecule has 0 spiro atoms. The van der Waals surface area contributed by atoms with Crippen LogP contribution in [0.15, 0.2) is 0 Å². The average molecular weight is 321 g/mol. The van der Waals surface area contributed by atoms with Gasteiger partial charge in [-0.1, -0.05) is 45.4 Å². The number of hydrogen-bond acceptors (Lipinski definition) is 2. The largest absolute Gasteiger partial charge is 0.350 e. The Hall–Kier alpha value is 0.210. The van der Waals surface area contributed by atoms with E-state index in [4.69, 9.17) is 21.1 Å². The fourth-order valence-corrected chi connectivity index (χ4v) is 3.17. The van der Waals surface area contributed by atoms with Crippen molar-refractivity contribution in [2.45, 2.75) is 91.3 Å². The standard InChI is InChI=1S/C18H37ClO2/c1-5-8-9-10-11-12-14-17(15-13-16-19)18(4,20-6-2)21-7-3/h17H,5-16H2,1-4H3. The molecule has 2 nitrogen and oxygen atoms in total. The summed E-state index contributed by atoms with van der Waals surface area (Å²) in [5, 5.41) is 0. The first-order chi connectivity index (χ1) is 10.1. The van der Waals surface area contributed by atoms with Gasteiger partial charge in [0.25, 0.3) is 0 Å². The van der Waals surface area contributed by atoms with E-state index in [2.05, 4.69) is 13.8 Å². The zero-order valence-corrected chi connectivity index (χ0v) is 15.5. The molecule has 0 aliphatic heterocycles. The van der Waals surface area contributed by atoms with Crippen LogP contribution in [0, 0.1) is 5.92 Å². The fourth-order valence-electron chi connectivity index (χ4n) is 3.01. The summed E-state index contributed by atoms with van der Waals surface area (Å²) in [4.78, 5) is 0. The Morgan fingerprint density at radius 3 is 1.86 bits per heavy atom. The van der Waals surface area contributed by atoms with Crippen molar-refractivity contribution in [2.24, 2.45) is 5.92 Å². The van der Waals surface area contributed by atoms with Gasteiger partial charge in [0, 0.05) is 25.0 Å². The molecular formula is C18H37ClO2. The maximum absolute atomic E-state index is 5.96. The second-order valence-corrected chi connectivity index (χ2v) is 6.34. The quantitative estimate of drug-likeness (QED) is 0.204. The molecule has 0 aromatic rings. The molecule has 0 bridgehead atoms. The first kappa shape index (κ1) is 21.2. The third-order valence-electron chi connectivity index (χ3n) is 4.20. The van der Waals surface area contributed by atoms with Crippen LogP contribution in [0.2, 0.25) is 0 Å². The molecule has 128 valence electrons. The smallest absolute Gasteiger partial charge is 0.168 e. The van der Waals surface area contributed by atoms with E-state index in [-0.39, 0.29) is 0 Å². The fraction of sp³-hybridized carbons (Fsp3) is 1.00. The van der Waals surface area contributed by atoms with Crippen LogP contribution in [-0.4, -0.2) is 24.9 Å². The minimum atomic E-state index is -0.445. The van der Waals surface area contributed by atoms with Crippen molar-refractivity contribution in [1.29, 1.82) is 0 Å². The van der Waals surface area contributed by atoms with Gasteiger partial charge in [-0.05, 0) is 40.0 Å². The zero-order valence-electron chi connectivity index (χ0n) is 14.8. The van der Waals surface area contributed by atoms with Gasteiger partial charge in [0.15, 0.2) is 5.79 Å². The molecule has 0 saturated heterocycles. The first-order valence-electron chi connectivity index (χ1n) is 8.98. The number of ether oxygens (including phenoxy) is 2. The molecule has 0 saturated carbocycles. The lowest BCUT2D eigenvalue weighted by Gasteiger charge is -2.37. The summed E-state index contributed by atoms with van der Waals surface area (Å²) in [5.41, 5.74) is 0. The molecule has 0 aliphatic carbocycles. The van der Waals surface area contributed by atoms with E-state index in [1.807, 2.05) is 13.8 Å². The van der Waals surface area contributed by atoms with Gasteiger partial charge in [-0.15, -0.1) is 11.6 Å². The van der Waals surface area contributed by atoms with Crippen LogP contribution in [0.3, 0.4) is 0 Å². The minimum absolute atomic E-state index is 0.445. The summed E-state index contributed by atoms with van der Waals surface area (Å²) >= 11 is 5.89. The number of alkyl halides is 1. The maximum Gasteiger partial charge on any atom is 0.168 e. The van der Waals surface area contributed by atoms with Crippen LogP contribution in [0.4, 0.5) is 0 Å². The molecule has 1 atom stereocenters. The molecule has 0 rings (SSSR count). The Morgan fingerprint density at radius 1 is 0.810 bits per heavy atom. The second kappa shape index (κ2) is 13.8. The van der Waals surface area contributed by atoms with Gasteiger partial charge in [-0.2, -0.15) is 0 Å². The molecule has 0 amide bonds. The van der Waals surface area contributed by atoms with Gasteiger partial charge in [-0.3, -0.25) is 0 Å². The zero-order chi connectivity index (χ0) is 16.0. The maximum atomic E-state index is 5.96. The molecule has 0 heterocycles. The number of rotatable bonds is 15. The molecule has 3 heteroatoms. The molecule has 0 aliphatic rings. The summed E-state index contributed by atoms with van der Waals surface area (Å²) in [5.74, 6) is 0.725. The Labute approximate surface area is 137 Å². The van der Waals surface area contributed by atoms with Crippen molar-refractivity contribution in [2.75, 3.05) is 19.1 Å². The number of hydrogen-bond donors (Lipinski definition) is 0. The summed E-state index contributed by atoms with van der Waals surface area (Å²) in [6.45, 7) is 9.85. The highest BCUT2D eigenvalue weighted by atomic mass is 35.5. The number of unbranched alkanes of at least 4 members (excludes halogenated alkanes) is 5. The van der Waals surface area contributed by atoms with Gasteiger partial charge < -0.3 is 9.47 Å². The van der Waals surface area contributed by atoms with Crippen LogP contribution in [0.5, 0.6) is 0 Å². The van der Waals surface area contributed by atoms with Crippen LogP contribution < -0.4 is 0 Å². The van der Waals surface area contributed by atoms with E-state index in [0.717, 1.165) is 18.7 Å². The Bertz CT molecular complexity index is 215. The van der Waals surface area contributed by atoms with E-state index in [1.165, 1.54) is 44.9 Å². The van der Waals surface area contributed by atoms with Crippen molar-refractivity contribution in [1.82, 2.24) is 0 Å². The van der Waals surface area contributed by atoms with Gasteiger partial charge >= 0.3 is 0 Å². The van der Waals surface area contributed by atoms with Crippen LogP contribution in [0.1, 0.15) is 85.5 Å². The third-order valence-corrected chi connectivity index (χ3v) is 4.46. The van der Waals surface area contributed by atoms with E-state index < -0.39 is 5.79 Å². The molecule has 0 fully saturated rings. The van der Waals surface area contributed by atoms with Crippen molar-refractivity contribution in [3.63, 3.8) is 0 Å². The lowest BCUT2D eigenvalue weighted by Crippen LogP contribution is -2.41. The Morgan fingerprint density at radius 2 is 1.33 bits per heavy atom. The topological polar surface area (TPSA) is 18.5 Å². The highest BCUT2D eigenvalue weighted by Crippen LogP contribution is 2.32. The summed E-state index contributed by atoms with van der Waals surface area (Å²) in [6, 6.07) is 0. The minimum Gasteiger partial charge on any atom is -0.350 e. The van der Waals surface area contributed by atoms with E-state index in [1.54, 1.807) is 0 Å². The highest BCUT2D eigenvalue weighted by Gasteiger charge is 2.34. The van der Waals surface area contributed by atoms with E-state index in [9.17, 15) is 0 Å². The third kappa shape index (κ3) is 9.76. The summed E-state index contributed by atoms with van der Waals surface area (Å²) in [7, 11) is 0. The molecule has 0 N–H and O–H groups in total. The predicted octanol–water partition coefficient (Wildman–Crippen LogP) is 6.16. The molecule has 0 aromatic carbocycles. The normalized spacial score (nSPS) is 13.6. The molecule has 1 unspecified atom stereocenters. The molecule has 0 radical (unpaired) electrons. The second-order valence-electron chi connectivity index (χ2n) is 5.97. The van der Waals surface area contributed by atoms with E-state index in [0.29, 0.717) is 19.1 Å². The lowest BCUT2D eigenvalue weighted by molar-refractivity contribution is -0.254. The monoisotopic (exact) mass is 320 g/mol. The van der Waals surface area contributed by atoms with Gasteiger partial charge in [0.2, 0.25) is 0 Å². The first-order valence-corrected chi connectivity index (χ1v) is 9.51. The lowest BCUT2D eigenvalue weighted by atomic mass is 9.88. The average Bonchev–Trinajstić information content (AvgIpc) is 2.46. The van der Waals surface area contributed by atoms with Crippen molar-refractivity contribution >= 4 is 11.6 Å². The van der Waals surface area contributed by atoms with Crippen molar-refractivity contribution < 1.29 is 9.47 Å². The molecule has 0 aromatic heterocycles. The highest BCUT2D eigenvalue weighted by molar-refractivity contribution is 6.17. The van der Waals surface area contributed by atoms with Crippen LogP contribution in [-0.2, 0) is 9.47 Å². The van der Waals surface area contributed by atoms with Crippen molar-refractivity contribution in [3.05, 3.63) is 0 Å². The van der Waals surface area contributed by atoms with Crippen molar-refractivity contribution in [3.8, 4) is 0 Å². The summed E-state index contributed by atoms with van der Waals surface area (Å²) in [6.07, 6.45) is 11.3. The van der Waals surface area contributed by atoms with Gasteiger partial charge in [0.05, 0.1) is 0 Å². The summed E-state index contributed by atoms with van der Waals surface area (Å²) < 4.78 is 11.9. The Balaban J connectivity index is 4.32. The van der Waals surface area contributed by atoms with Gasteiger partial charge in [0.1, 0.15) is 0 Å². The molecule has 21 heavy (non-hydrogen) atoms. The molecular weight excluding hydrogens is 284 g/mol. The SMILES string of the molecule is CCCCCCCCC(CCCCl)C(C)(OCC)OCC. The Kier molecular flexibility index (Phi) is 14.0. The number of halogens is 1. The van der Waals surface area contributed by atoms with Crippen LogP contribution >= 0.6 is 11.6 Å². The van der Waals surface area contributed by atoms with E-state index >= 15 is 0 Å². The van der Waals surface area contributed by atoms with Gasteiger partial charge in [-0.25, -0.2) is 0 Å².